The second-order valence-corrected chi connectivity index (χ2v) is 16.5. The van der Waals surface area contributed by atoms with E-state index in [9.17, 15) is 40.7 Å². The van der Waals surface area contributed by atoms with Gasteiger partial charge in [-0.2, -0.15) is 4.31 Å². The Kier molecular flexibility index (Phi) is 12.8. The van der Waals surface area contributed by atoms with E-state index in [0.717, 1.165) is 53.1 Å². The van der Waals surface area contributed by atoms with Gasteiger partial charge in [-0.25, -0.2) is 39.6 Å². The Morgan fingerprint density at radius 1 is 0.857 bits per heavy atom. The molecule has 1 aliphatic carbocycles. The molecular weight excluding hydrogens is 790 g/mol. The Hall–Kier alpha value is -4.64. The second-order valence-electron chi connectivity index (χ2n) is 14.2. The maximum Gasteiger partial charge on any atom is 0.335 e. The number of anilines is 1. The van der Waals surface area contributed by atoms with Crippen molar-refractivity contribution in [3.63, 3.8) is 0 Å². The molecule has 1 amide bonds. The monoisotopic (exact) mass is 826 g/mol. The highest BCUT2D eigenvalue weighted by atomic mass is 35.5. The van der Waals surface area contributed by atoms with Crippen molar-refractivity contribution >= 4 is 39.2 Å². The quantitative estimate of drug-likeness (QED) is 0.0554. The summed E-state index contributed by atoms with van der Waals surface area (Å²) < 4.78 is 126. The number of sulfonamides is 1. The summed E-state index contributed by atoms with van der Waals surface area (Å²) in [4.78, 5) is 25.5. The highest BCUT2D eigenvalue weighted by molar-refractivity contribution is 7.89. The number of hydrogen-bond acceptors (Lipinski definition) is 6. The fourth-order valence-corrected chi connectivity index (χ4v) is 7.56. The van der Waals surface area contributed by atoms with E-state index >= 15 is 8.78 Å². The lowest BCUT2D eigenvalue weighted by Crippen LogP contribution is -2.43. The molecule has 4 aromatic carbocycles. The van der Waals surface area contributed by atoms with Gasteiger partial charge in [0, 0.05) is 18.7 Å². The molecule has 1 fully saturated rings. The number of benzene rings is 4. The van der Waals surface area contributed by atoms with Crippen LogP contribution < -0.4 is 9.64 Å². The Balaban J connectivity index is 1.69. The van der Waals surface area contributed by atoms with Crippen LogP contribution in [0, 0.1) is 34.9 Å². The van der Waals surface area contributed by atoms with Crippen molar-refractivity contribution in [3.8, 4) is 5.75 Å². The Labute approximate surface area is 324 Å². The molecule has 5 rings (SSSR count). The Morgan fingerprint density at radius 2 is 1.50 bits per heavy atom. The van der Waals surface area contributed by atoms with Crippen LogP contribution in [0.15, 0.2) is 59.5 Å². The van der Waals surface area contributed by atoms with E-state index in [1.807, 2.05) is 32.9 Å². The summed E-state index contributed by atoms with van der Waals surface area (Å²) in [5.41, 5.74) is 1.61. The van der Waals surface area contributed by atoms with Crippen molar-refractivity contribution in [2.75, 3.05) is 31.8 Å². The second kappa shape index (κ2) is 16.8. The summed E-state index contributed by atoms with van der Waals surface area (Å²) in [5, 5.41) is 9.36. The number of carbonyl (C=O) groups is 2. The van der Waals surface area contributed by atoms with Crippen LogP contribution in [0.25, 0.3) is 0 Å². The summed E-state index contributed by atoms with van der Waals surface area (Å²) in [6.07, 6.45) is 1.86. The van der Waals surface area contributed by atoms with Crippen LogP contribution >= 0.6 is 11.6 Å². The molecule has 9 nitrogen and oxygen atoms in total. The van der Waals surface area contributed by atoms with Gasteiger partial charge in [0.1, 0.15) is 18.2 Å². The molecule has 17 heteroatoms. The lowest BCUT2D eigenvalue weighted by molar-refractivity contribution is -0.119. The van der Waals surface area contributed by atoms with E-state index in [-0.39, 0.29) is 63.0 Å². The number of methoxy groups -OCH3 is 1. The van der Waals surface area contributed by atoms with Gasteiger partial charge in [-0.1, -0.05) is 56.6 Å². The first-order chi connectivity index (χ1) is 26.2. The number of carbonyl (C=O) groups excluding carboxylic acids is 1. The van der Waals surface area contributed by atoms with Gasteiger partial charge in [0.15, 0.2) is 28.2 Å². The molecule has 0 aliphatic heterocycles. The van der Waals surface area contributed by atoms with Crippen molar-refractivity contribution in [2.24, 2.45) is 0 Å². The predicted molar refractivity (Wildman–Crippen MR) is 194 cm³/mol. The molecule has 0 aromatic heterocycles. The van der Waals surface area contributed by atoms with Crippen molar-refractivity contribution in [1.29, 1.82) is 0 Å². The van der Waals surface area contributed by atoms with Crippen LogP contribution in [0.4, 0.5) is 32.0 Å². The molecule has 0 spiro atoms. The third-order valence-electron chi connectivity index (χ3n) is 9.06. The predicted octanol–water partition coefficient (Wildman–Crippen LogP) is 8.50. The number of carboxylic acid groups (broad SMARTS) is 1. The number of amides is 1. The molecule has 56 heavy (non-hydrogen) atoms. The van der Waals surface area contributed by atoms with Gasteiger partial charge in [-0.3, -0.25) is 4.79 Å². The van der Waals surface area contributed by atoms with Gasteiger partial charge < -0.3 is 19.5 Å². The first kappa shape index (κ1) is 42.5. The van der Waals surface area contributed by atoms with Crippen LogP contribution in [0.3, 0.4) is 0 Å². The van der Waals surface area contributed by atoms with Crippen LogP contribution in [0.5, 0.6) is 5.75 Å². The first-order valence-electron chi connectivity index (χ1n) is 17.1. The minimum atomic E-state index is -5.80. The van der Waals surface area contributed by atoms with Gasteiger partial charge in [0.25, 0.3) is 0 Å². The number of nitrogens with zero attached hydrogens (tertiary/aromatic N) is 2. The van der Waals surface area contributed by atoms with Crippen molar-refractivity contribution < 1.29 is 58.9 Å². The fourth-order valence-electron chi connectivity index (χ4n) is 5.85. The van der Waals surface area contributed by atoms with Gasteiger partial charge in [0.05, 0.1) is 30.9 Å². The van der Waals surface area contributed by atoms with Gasteiger partial charge in [-0.15, -0.1) is 0 Å². The van der Waals surface area contributed by atoms with Crippen molar-refractivity contribution in [1.82, 2.24) is 4.31 Å². The minimum Gasteiger partial charge on any atom is -0.489 e. The summed E-state index contributed by atoms with van der Waals surface area (Å²) >= 11 is 6.18. The van der Waals surface area contributed by atoms with Crippen LogP contribution in [-0.2, 0) is 38.1 Å². The van der Waals surface area contributed by atoms with E-state index < -0.39 is 74.8 Å². The molecule has 1 aliphatic rings. The molecular formula is C39H37ClF6N2O7S. The topological polar surface area (TPSA) is 113 Å². The molecule has 1 saturated carbocycles. The van der Waals surface area contributed by atoms with E-state index in [2.05, 4.69) is 6.07 Å². The third kappa shape index (κ3) is 9.31. The number of carboxylic acids is 1. The number of hydrogen-bond donors (Lipinski definition) is 1. The summed E-state index contributed by atoms with van der Waals surface area (Å²) in [6.45, 7) is 3.29. The highest BCUT2D eigenvalue weighted by Crippen LogP contribution is 2.42. The molecule has 0 heterocycles. The smallest absolute Gasteiger partial charge is 0.335 e. The first-order valence-corrected chi connectivity index (χ1v) is 19.0. The number of ether oxygens (including phenoxy) is 2. The fraction of sp³-hybridized carbons (Fsp3) is 0.333. The van der Waals surface area contributed by atoms with Crippen LogP contribution in [0.1, 0.15) is 72.1 Å². The summed E-state index contributed by atoms with van der Waals surface area (Å²) in [5.74, 6) is -16.2. The molecule has 0 unspecified atom stereocenters. The molecule has 0 radical (unpaired) electrons. The Morgan fingerprint density at radius 3 is 2.07 bits per heavy atom. The zero-order valence-corrected chi connectivity index (χ0v) is 32.1. The van der Waals surface area contributed by atoms with Crippen LogP contribution in [0.2, 0.25) is 5.02 Å². The maximum atomic E-state index is 15.2. The minimum absolute atomic E-state index is 0.0371. The zero-order chi connectivity index (χ0) is 41.3. The molecule has 4 aromatic rings. The average molecular weight is 827 g/mol. The van der Waals surface area contributed by atoms with Crippen LogP contribution in [-0.4, -0.2) is 56.6 Å². The highest BCUT2D eigenvalue weighted by Gasteiger charge is 2.39. The molecule has 0 bridgehead atoms. The summed E-state index contributed by atoms with van der Waals surface area (Å²) in [6, 6.07) is 12.0. The van der Waals surface area contributed by atoms with E-state index in [4.69, 9.17) is 21.1 Å². The number of aromatic carboxylic acids is 1. The van der Waals surface area contributed by atoms with Gasteiger partial charge >= 0.3 is 5.97 Å². The lowest BCUT2D eigenvalue weighted by Gasteiger charge is -2.30. The Bertz CT molecular complexity index is 2250. The van der Waals surface area contributed by atoms with Crippen molar-refractivity contribution in [2.45, 2.75) is 62.9 Å². The molecule has 300 valence electrons. The maximum absolute atomic E-state index is 15.2. The normalized spacial score (nSPS) is 13.3. The lowest BCUT2D eigenvalue weighted by atomic mass is 9.84. The SMILES string of the molecule is COCCOc1cc(C(=O)O)ccc1N(Cc1cc(C2CC2)cc(C(C)(C)C)c1)C(=O)CN(Cc1ccc(F)cc1Cl)S(=O)(=O)c1c(F)c(F)c(F)c(F)c1F. The van der Waals surface area contributed by atoms with Gasteiger partial charge in [0.2, 0.25) is 21.7 Å². The van der Waals surface area contributed by atoms with Crippen molar-refractivity contribution in [3.05, 3.63) is 122 Å². The van der Waals surface area contributed by atoms with E-state index in [0.29, 0.717) is 5.56 Å². The number of halogens is 7. The van der Waals surface area contributed by atoms with Gasteiger partial charge in [-0.05, 0) is 76.8 Å². The summed E-state index contributed by atoms with van der Waals surface area (Å²) in [7, 11) is -4.41. The standard InChI is InChI=1S/C39H37ClF6N2O7S/c1-39(2,3)26-14-21(13-25(15-26)22-5-6-22)18-48(29-10-8-23(38(50)51)16-30(29)55-12-11-54-4)31(49)20-47(19-24-7-9-27(41)17-28(24)40)56(52,53)37-35(45)33(43)32(42)34(44)36(37)46/h7-10,13-17,22H,5-6,11-12,18-20H2,1-4H3,(H,50,51). The third-order valence-corrected chi connectivity index (χ3v) is 11.2. The molecule has 1 N–H and O–H groups in total. The average Bonchev–Trinajstić information content (AvgIpc) is 3.98. The number of rotatable bonds is 15. The molecule has 0 atom stereocenters. The van der Waals surface area contributed by atoms with E-state index in [1.165, 1.54) is 19.2 Å². The largest absolute Gasteiger partial charge is 0.489 e. The zero-order valence-electron chi connectivity index (χ0n) is 30.6. The molecule has 0 saturated heterocycles. The van der Waals surface area contributed by atoms with E-state index in [1.54, 1.807) is 0 Å².